The summed E-state index contributed by atoms with van der Waals surface area (Å²) in [6.07, 6.45) is 3.04. The minimum absolute atomic E-state index is 0.249. The Balaban J connectivity index is 1.51. The van der Waals surface area contributed by atoms with Gasteiger partial charge in [0.05, 0.1) is 23.5 Å². The summed E-state index contributed by atoms with van der Waals surface area (Å²) < 4.78 is 1.68. The lowest BCUT2D eigenvalue weighted by Gasteiger charge is -2.22. The molecule has 7 nitrogen and oxygen atoms in total. The predicted molar refractivity (Wildman–Crippen MR) is 129 cm³/mol. The van der Waals surface area contributed by atoms with Crippen molar-refractivity contribution in [3.8, 4) is 5.69 Å². The number of hydrogen-bond donors (Lipinski definition) is 3. The highest BCUT2D eigenvalue weighted by molar-refractivity contribution is 7.07. The van der Waals surface area contributed by atoms with E-state index in [4.69, 9.17) is 0 Å². The molecule has 0 saturated carbocycles. The van der Waals surface area contributed by atoms with E-state index in [2.05, 4.69) is 15.6 Å². The topological polar surface area (TPSA) is 100 Å². The van der Waals surface area contributed by atoms with Crippen molar-refractivity contribution >= 4 is 24.4 Å². The maximum atomic E-state index is 13.3. The van der Waals surface area contributed by atoms with E-state index in [9.17, 15) is 14.8 Å². The van der Waals surface area contributed by atoms with Gasteiger partial charge in [0.1, 0.15) is 0 Å². The van der Waals surface area contributed by atoms with Gasteiger partial charge in [-0.25, -0.2) is 4.68 Å². The third-order valence-electron chi connectivity index (χ3n) is 5.44. The van der Waals surface area contributed by atoms with Crippen LogP contribution >= 0.6 is 11.3 Å². The standard InChI is InChI=1S/C24H25BN4O3S/c30-24(26-23(25(31)32)14-19-11-12-33-17-19)20(13-18-7-3-1-4-8-18)15-21-16-29(28-27-21)22-9-5-2-6-10-22/h1-12,16-17,20,23,31-32H,13-15H2,(H,26,30)/t20-,23+/m1/s1. The van der Waals surface area contributed by atoms with Crippen LogP contribution in [0.3, 0.4) is 0 Å². The average molecular weight is 460 g/mol. The van der Waals surface area contributed by atoms with E-state index in [1.807, 2.05) is 83.7 Å². The third-order valence-corrected chi connectivity index (χ3v) is 6.17. The molecular formula is C24H25BN4O3S. The van der Waals surface area contributed by atoms with Crippen LogP contribution in [0.5, 0.6) is 0 Å². The largest absolute Gasteiger partial charge is 0.475 e. The Kier molecular flexibility index (Phi) is 7.67. The Morgan fingerprint density at radius 2 is 1.70 bits per heavy atom. The fourth-order valence-electron chi connectivity index (χ4n) is 3.70. The zero-order valence-corrected chi connectivity index (χ0v) is 18.8. The quantitative estimate of drug-likeness (QED) is 0.316. The van der Waals surface area contributed by atoms with Crippen LogP contribution in [0.1, 0.15) is 16.8 Å². The number of nitrogens with one attached hydrogen (secondary N) is 1. The predicted octanol–water partition coefficient (Wildman–Crippen LogP) is 2.47. The van der Waals surface area contributed by atoms with Crippen LogP contribution in [0.25, 0.3) is 5.69 Å². The molecule has 168 valence electrons. The van der Waals surface area contributed by atoms with Crippen LogP contribution in [-0.4, -0.2) is 44.0 Å². The highest BCUT2D eigenvalue weighted by Crippen LogP contribution is 2.17. The molecule has 0 radical (unpaired) electrons. The first-order valence-electron chi connectivity index (χ1n) is 10.8. The molecule has 0 aliphatic rings. The van der Waals surface area contributed by atoms with Crippen LogP contribution in [0.2, 0.25) is 0 Å². The Morgan fingerprint density at radius 3 is 2.36 bits per heavy atom. The van der Waals surface area contributed by atoms with E-state index < -0.39 is 19.0 Å². The molecule has 0 aliphatic carbocycles. The highest BCUT2D eigenvalue weighted by atomic mass is 32.1. The summed E-state index contributed by atoms with van der Waals surface area (Å²) in [5.74, 6) is -1.50. The molecule has 4 rings (SSSR count). The fourth-order valence-corrected chi connectivity index (χ4v) is 4.38. The van der Waals surface area contributed by atoms with Crippen molar-refractivity contribution in [2.24, 2.45) is 5.92 Å². The van der Waals surface area contributed by atoms with E-state index in [-0.39, 0.29) is 5.91 Å². The normalized spacial score (nSPS) is 12.8. The number of carbonyl (C=O) groups is 1. The van der Waals surface area contributed by atoms with Gasteiger partial charge in [-0.1, -0.05) is 53.7 Å². The maximum absolute atomic E-state index is 13.3. The Bertz CT molecular complexity index is 1140. The number of hydrogen-bond acceptors (Lipinski definition) is 6. The first-order valence-corrected chi connectivity index (χ1v) is 11.7. The number of carbonyl (C=O) groups excluding carboxylic acids is 1. The minimum atomic E-state index is -1.66. The van der Waals surface area contributed by atoms with Crippen molar-refractivity contribution in [2.45, 2.75) is 25.2 Å². The van der Waals surface area contributed by atoms with Gasteiger partial charge in [0.2, 0.25) is 5.91 Å². The molecule has 0 spiro atoms. The van der Waals surface area contributed by atoms with Gasteiger partial charge in [0.25, 0.3) is 0 Å². The molecule has 2 atom stereocenters. The molecule has 9 heteroatoms. The van der Waals surface area contributed by atoms with Gasteiger partial charge in [0, 0.05) is 12.3 Å². The smallest absolute Gasteiger partial charge is 0.426 e. The molecule has 0 fully saturated rings. The Morgan fingerprint density at radius 1 is 0.970 bits per heavy atom. The summed E-state index contributed by atoms with van der Waals surface area (Å²) in [5.41, 5.74) is 3.55. The van der Waals surface area contributed by atoms with Crippen LogP contribution in [0, 0.1) is 5.92 Å². The molecule has 0 unspecified atom stereocenters. The highest BCUT2D eigenvalue weighted by Gasteiger charge is 2.29. The van der Waals surface area contributed by atoms with Crippen LogP contribution < -0.4 is 5.32 Å². The number of rotatable bonds is 10. The molecule has 0 aliphatic heterocycles. The van der Waals surface area contributed by atoms with Crippen molar-refractivity contribution < 1.29 is 14.8 Å². The minimum Gasteiger partial charge on any atom is -0.426 e. The fraction of sp³-hybridized carbons (Fsp3) is 0.208. The van der Waals surface area contributed by atoms with Gasteiger partial charge in [-0.3, -0.25) is 4.79 Å². The SMILES string of the molecule is O=C(N[C@@H](Cc1ccsc1)B(O)O)[C@H](Cc1ccccc1)Cc1cn(-c2ccccc2)nn1. The molecule has 33 heavy (non-hydrogen) atoms. The van der Waals surface area contributed by atoms with Crippen molar-refractivity contribution in [3.63, 3.8) is 0 Å². The van der Waals surface area contributed by atoms with Gasteiger partial charge < -0.3 is 15.4 Å². The van der Waals surface area contributed by atoms with E-state index in [1.54, 1.807) is 4.68 Å². The lowest BCUT2D eigenvalue weighted by molar-refractivity contribution is -0.125. The summed E-state index contributed by atoms with van der Waals surface area (Å²) in [6, 6.07) is 21.3. The molecule has 2 aromatic heterocycles. The summed E-state index contributed by atoms with van der Waals surface area (Å²) >= 11 is 1.53. The van der Waals surface area contributed by atoms with Crippen LogP contribution in [0.15, 0.2) is 83.7 Å². The van der Waals surface area contributed by atoms with Crippen LogP contribution in [0.4, 0.5) is 0 Å². The molecule has 2 aromatic carbocycles. The van der Waals surface area contributed by atoms with E-state index >= 15 is 0 Å². The second-order valence-corrected chi connectivity index (χ2v) is 8.73. The average Bonchev–Trinajstić information content (AvgIpc) is 3.52. The molecule has 1 amide bonds. The zero-order chi connectivity index (χ0) is 23.0. The second-order valence-electron chi connectivity index (χ2n) is 7.95. The number of thiophene rings is 1. The Hall–Kier alpha value is -3.27. The molecule has 3 N–H and O–H groups in total. The summed E-state index contributed by atoms with van der Waals surface area (Å²) in [6.45, 7) is 0. The third kappa shape index (κ3) is 6.38. The maximum Gasteiger partial charge on any atom is 0.475 e. The van der Waals surface area contributed by atoms with Crippen LogP contribution in [-0.2, 0) is 24.1 Å². The molecule has 0 saturated heterocycles. The lowest BCUT2D eigenvalue weighted by Crippen LogP contribution is -2.50. The molecule has 2 heterocycles. The van der Waals surface area contributed by atoms with Crippen molar-refractivity contribution in [1.29, 1.82) is 0 Å². The number of benzene rings is 2. The summed E-state index contributed by atoms with van der Waals surface area (Å²) in [4.78, 5) is 13.3. The first-order chi connectivity index (χ1) is 16.1. The van der Waals surface area contributed by atoms with Crippen molar-refractivity contribution in [2.75, 3.05) is 0 Å². The first kappa shape index (κ1) is 22.9. The van der Waals surface area contributed by atoms with Gasteiger partial charge in [-0.2, -0.15) is 11.3 Å². The summed E-state index contributed by atoms with van der Waals surface area (Å²) in [7, 11) is -1.66. The van der Waals surface area contributed by atoms with Gasteiger partial charge >= 0.3 is 7.12 Å². The van der Waals surface area contributed by atoms with Crippen molar-refractivity contribution in [3.05, 3.63) is 101 Å². The number of nitrogens with zero attached hydrogens (tertiary/aromatic N) is 3. The van der Waals surface area contributed by atoms with Gasteiger partial charge in [-0.05, 0) is 52.9 Å². The van der Waals surface area contributed by atoms with Crippen molar-refractivity contribution in [1.82, 2.24) is 20.3 Å². The molecule has 0 bridgehead atoms. The van der Waals surface area contributed by atoms with E-state index in [0.717, 1.165) is 16.8 Å². The van der Waals surface area contributed by atoms with Gasteiger partial charge in [0.15, 0.2) is 0 Å². The monoisotopic (exact) mass is 460 g/mol. The van der Waals surface area contributed by atoms with E-state index in [0.29, 0.717) is 25.0 Å². The second kappa shape index (κ2) is 11.0. The lowest BCUT2D eigenvalue weighted by atomic mass is 9.76. The Labute approximate surface area is 196 Å². The molecular weight excluding hydrogens is 435 g/mol. The molecule has 4 aromatic rings. The zero-order valence-electron chi connectivity index (χ0n) is 18.0. The number of para-hydroxylation sites is 1. The van der Waals surface area contributed by atoms with E-state index in [1.165, 1.54) is 11.3 Å². The number of amides is 1. The van der Waals surface area contributed by atoms with Gasteiger partial charge in [-0.15, -0.1) is 5.10 Å². The number of aromatic nitrogens is 3. The summed E-state index contributed by atoms with van der Waals surface area (Å²) in [5, 5.41) is 34.9.